The predicted octanol–water partition coefficient (Wildman–Crippen LogP) is 3.87. The lowest BCUT2D eigenvalue weighted by Gasteiger charge is -2.18. The maximum absolute atomic E-state index is 10.3. The van der Waals surface area contributed by atoms with Crippen LogP contribution in [0.3, 0.4) is 0 Å². The number of aliphatic hydroxyl groups is 1. The van der Waals surface area contributed by atoms with Crippen molar-refractivity contribution in [1.82, 2.24) is 10.6 Å². The Hall–Kier alpha value is -1.02. The van der Waals surface area contributed by atoms with Gasteiger partial charge in [-0.05, 0) is 38.0 Å². The van der Waals surface area contributed by atoms with Crippen LogP contribution in [-0.2, 0) is 0 Å². The summed E-state index contributed by atoms with van der Waals surface area (Å²) in [7, 11) is 1.63. The Morgan fingerprint density at radius 1 is 1.20 bits per heavy atom. The van der Waals surface area contributed by atoms with E-state index in [2.05, 4.69) is 29.5 Å². The molecular formula is C19H34IN3O2. The molecule has 2 unspecified atom stereocenters. The fraction of sp³-hybridized carbons (Fsp3) is 0.632. The number of benzene rings is 1. The number of nitrogens with one attached hydrogen (secondary N) is 2. The molecule has 25 heavy (non-hydrogen) atoms. The Labute approximate surface area is 169 Å². The van der Waals surface area contributed by atoms with Gasteiger partial charge in [0.2, 0.25) is 0 Å². The molecule has 0 aliphatic rings. The van der Waals surface area contributed by atoms with Crippen LogP contribution in [0, 0.1) is 0 Å². The largest absolute Gasteiger partial charge is 0.497 e. The Morgan fingerprint density at radius 2 is 1.88 bits per heavy atom. The minimum Gasteiger partial charge on any atom is -0.497 e. The van der Waals surface area contributed by atoms with Crippen LogP contribution in [0.4, 0.5) is 0 Å². The van der Waals surface area contributed by atoms with Crippen LogP contribution in [0.5, 0.6) is 5.75 Å². The van der Waals surface area contributed by atoms with Gasteiger partial charge in [-0.15, -0.1) is 24.0 Å². The summed E-state index contributed by atoms with van der Waals surface area (Å²) in [6.07, 6.45) is 4.21. The molecule has 0 aliphatic heterocycles. The molecule has 0 aromatic heterocycles. The Kier molecular flexibility index (Phi) is 13.6. The molecule has 0 spiro atoms. The number of aliphatic imine (C=N–C) groups is 1. The van der Waals surface area contributed by atoms with Gasteiger partial charge >= 0.3 is 0 Å². The van der Waals surface area contributed by atoms with E-state index in [0.29, 0.717) is 12.6 Å². The molecular weight excluding hydrogens is 429 g/mol. The van der Waals surface area contributed by atoms with Gasteiger partial charge in [-0.2, -0.15) is 0 Å². The minimum atomic E-state index is -0.623. The van der Waals surface area contributed by atoms with E-state index in [4.69, 9.17) is 4.74 Å². The first-order chi connectivity index (χ1) is 11.6. The lowest BCUT2D eigenvalue weighted by Crippen LogP contribution is -2.42. The summed E-state index contributed by atoms with van der Waals surface area (Å²) in [5.74, 6) is 1.54. The molecule has 0 saturated heterocycles. The highest BCUT2D eigenvalue weighted by molar-refractivity contribution is 14.0. The highest BCUT2D eigenvalue weighted by Crippen LogP contribution is 2.17. The van der Waals surface area contributed by atoms with Crippen molar-refractivity contribution in [3.63, 3.8) is 0 Å². The van der Waals surface area contributed by atoms with Gasteiger partial charge in [0.1, 0.15) is 5.75 Å². The number of ether oxygens (including phenoxy) is 1. The summed E-state index contributed by atoms with van der Waals surface area (Å²) in [5.41, 5.74) is 0.839. The summed E-state index contributed by atoms with van der Waals surface area (Å²) in [4.78, 5) is 4.51. The summed E-state index contributed by atoms with van der Waals surface area (Å²) >= 11 is 0. The van der Waals surface area contributed by atoms with E-state index >= 15 is 0 Å². The first-order valence-electron chi connectivity index (χ1n) is 8.97. The number of hydrogen-bond donors (Lipinski definition) is 3. The van der Waals surface area contributed by atoms with E-state index in [-0.39, 0.29) is 24.0 Å². The van der Waals surface area contributed by atoms with Crippen molar-refractivity contribution in [3.05, 3.63) is 29.8 Å². The number of halogens is 1. The molecule has 1 rings (SSSR count). The predicted molar refractivity (Wildman–Crippen MR) is 116 cm³/mol. The van der Waals surface area contributed by atoms with E-state index in [1.807, 2.05) is 31.2 Å². The average Bonchev–Trinajstić information content (AvgIpc) is 2.60. The maximum Gasteiger partial charge on any atom is 0.191 e. The molecule has 0 amide bonds. The molecule has 0 radical (unpaired) electrons. The standard InChI is InChI=1S/C19H33N3O2.HI/c1-5-7-8-9-15(3)22-19(20-6-2)21-14-18(23)16-10-12-17(24-4)13-11-16;/h10-13,15,18,23H,5-9,14H2,1-4H3,(H2,20,21,22);1H. The quantitative estimate of drug-likeness (QED) is 0.213. The normalized spacial score (nSPS) is 13.6. The fourth-order valence-electron chi connectivity index (χ4n) is 2.44. The minimum absolute atomic E-state index is 0. The van der Waals surface area contributed by atoms with Crippen molar-refractivity contribution in [2.45, 2.75) is 58.6 Å². The molecule has 0 fully saturated rings. The maximum atomic E-state index is 10.3. The molecule has 6 heteroatoms. The highest BCUT2D eigenvalue weighted by atomic mass is 127. The number of hydrogen-bond acceptors (Lipinski definition) is 3. The molecule has 5 nitrogen and oxygen atoms in total. The van der Waals surface area contributed by atoms with Crippen molar-refractivity contribution in [1.29, 1.82) is 0 Å². The summed E-state index contributed by atoms with van der Waals surface area (Å²) in [5, 5.41) is 17.0. The first-order valence-corrected chi connectivity index (χ1v) is 8.97. The molecule has 3 N–H and O–H groups in total. The molecule has 0 heterocycles. The van der Waals surface area contributed by atoms with E-state index in [9.17, 15) is 5.11 Å². The number of guanidine groups is 1. The van der Waals surface area contributed by atoms with Crippen LogP contribution >= 0.6 is 24.0 Å². The van der Waals surface area contributed by atoms with Gasteiger partial charge in [0.15, 0.2) is 5.96 Å². The van der Waals surface area contributed by atoms with E-state index in [1.54, 1.807) is 7.11 Å². The second kappa shape index (κ2) is 14.2. The van der Waals surface area contributed by atoms with Crippen LogP contribution in [0.15, 0.2) is 29.3 Å². The van der Waals surface area contributed by atoms with Gasteiger partial charge in [0.05, 0.1) is 19.8 Å². The van der Waals surface area contributed by atoms with Crippen LogP contribution in [-0.4, -0.2) is 37.3 Å². The fourth-order valence-corrected chi connectivity index (χ4v) is 2.44. The smallest absolute Gasteiger partial charge is 0.191 e. The third-order valence-electron chi connectivity index (χ3n) is 3.89. The van der Waals surface area contributed by atoms with Crippen molar-refractivity contribution in [3.8, 4) is 5.75 Å². The molecule has 1 aromatic rings. The zero-order valence-corrected chi connectivity index (χ0v) is 18.2. The first kappa shape index (κ1) is 24.0. The Balaban J connectivity index is 0.00000576. The topological polar surface area (TPSA) is 65.9 Å². The van der Waals surface area contributed by atoms with E-state index in [0.717, 1.165) is 30.2 Å². The van der Waals surface area contributed by atoms with Crippen LogP contribution in [0.25, 0.3) is 0 Å². The second-order valence-corrected chi connectivity index (χ2v) is 6.05. The molecule has 0 aliphatic carbocycles. The SMILES string of the molecule is CCCCCC(C)NC(=NCC(O)c1ccc(OC)cc1)NCC.I. The number of methoxy groups -OCH3 is 1. The molecule has 2 atom stereocenters. The van der Waals surface area contributed by atoms with E-state index < -0.39 is 6.10 Å². The van der Waals surface area contributed by atoms with Gasteiger partial charge < -0.3 is 20.5 Å². The van der Waals surface area contributed by atoms with Crippen molar-refractivity contribution in [2.24, 2.45) is 4.99 Å². The third-order valence-corrected chi connectivity index (χ3v) is 3.89. The van der Waals surface area contributed by atoms with Gasteiger partial charge in [-0.1, -0.05) is 38.3 Å². The summed E-state index contributed by atoms with van der Waals surface area (Å²) in [6, 6.07) is 7.80. The van der Waals surface area contributed by atoms with Gasteiger partial charge in [0, 0.05) is 12.6 Å². The lowest BCUT2D eigenvalue weighted by molar-refractivity contribution is 0.187. The van der Waals surface area contributed by atoms with Crippen molar-refractivity contribution >= 4 is 29.9 Å². The van der Waals surface area contributed by atoms with Gasteiger partial charge in [-0.25, -0.2) is 0 Å². The Morgan fingerprint density at radius 3 is 2.44 bits per heavy atom. The number of nitrogens with zero attached hydrogens (tertiary/aromatic N) is 1. The molecule has 0 bridgehead atoms. The van der Waals surface area contributed by atoms with Crippen LogP contribution in [0.2, 0.25) is 0 Å². The number of rotatable bonds is 10. The average molecular weight is 463 g/mol. The zero-order valence-electron chi connectivity index (χ0n) is 15.9. The highest BCUT2D eigenvalue weighted by Gasteiger charge is 2.09. The van der Waals surface area contributed by atoms with Crippen LogP contribution in [0.1, 0.15) is 58.1 Å². The number of aliphatic hydroxyl groups excluding tert-OH is 1. The zero-order chi connectivity index (χ0) is 17.8. The monoisotopic (exact) mass is 463 g/mol. The lowest BCUT2D eigenvalue weighted by atomic mass is 10.1. The summed E-state index contributed by atoms with van der Waals surface area (Å²) in [6.45, 7) is 7.54. The molecule has 144 valence electrons. The Bertz CT molecular complexity index is 480. The third kappa shape index (κ3) is 9.89. The van der Waals surface area contributed by atoms with E-state index in [1.165, 1.54) is 19.3 Å². The summed E-state index contributed by atoms with van der Waals surface area (Å²) < 4.78 is 5.13. The number of unbranched alkanes of at least 4 members (excludes halogenated alkanes) is 2. The van der Waals surface area contributed by atoms with Gasteiger partial charge in [-0.3, -0.25) is 4.99 Å². The molecule has 1 aromatic carbocycles. The molecule has 0 saturated carbocycles. The van der Waals surface area contributed by atoms with Gasteiger partial charge in [0.25, 0.3) is 0 Å². The second-order valence-electron chi connectivity index (χ2n) is 6.05. The van der Waals surface area contributed by atoms with Crippen molar-refractivity contribution in [2.75, 3.05) is 20.2 Å². The van der Waals surface area contributed by atoms with Crippen molar-refractivity contribution < 1.29 is 9.84 Å². The van der Waals surface area contributed by atoms with Crippen LogP contribution < -0.4 is 15.4 Å².